The lowest BCUT2D eigenvalue weighted by Crippen LogP contribution is -2.19. The fourth-order valence-corrected chi connectivity index (χ4v) is 3.28. The van der Waals surface area contributed by atoms with Crippen LogP contribution in [-0.2, 0) is 10.3 Å². The first-order valence-electron chi connectivity index (χ1n) is 8.35. The molecule has 4 rings (SSSR count). The highest BCUT2D eigenvalue weighted by Gasteiger charge is 2.16. The molecule has 0 saturated carbocycles. The molecule has 9 nitrogen and oxygen atoms in total. The molecule has 0 saturated heterocycles. The molecular formula is C19H14N6O3S. The van der Waals surface area contributed by atoms with Gasteiger partial charge in [0.2, 0.25) is 0 Å². The number of hydrogen-bond acceptors (Lipinski definition) is 7. The number of benzene rings is 2. The summed E-state index contributed by atoms with van der Waals surface area (Å²) in [6, 6.07) is 17.6. The highest BCUT2D eigenvalue weighted by Crippen LogP contribution is 2.33. The monoisotopic (exact) mass is 406 g/mol. The zero-order valence-corrected chi connectivity index (χ0v) is 15.7. The molecule has 4 aromatic rings. The zero-order valence-electron chi connectivity index (χ0n) is 14.9. The molecule has 0 amide bonds. The van der Waals surface area contributed by atoms with Gasteiger partial charge in [-0.15, -0.1) is 0 Å². The summed E-state index contributed by atoms with van der Waals surface area (Å²) in [5.41, 5.74) is 5.83. The van der Waals surface area contributed by atoms with Crippen molar-refractivity contribution in [3.8, 4) is 22.9 Å². The summed E-state index contributed by atoms with van der Waals surface area (Å²) in [5, 5.41) is 14.5. The number of para-hydroxylation sites is 3. The molecule has 0 bridgehead atoms. The molecule has 0 spiro atoms. The SMILES string of the molecule is N#Cc1cnc(Nn2cnc3ccccc32)cc1-c1ccccc1OS(N)(=O)=O. The van der Waals surface area contributed by atoms with Crippen LogP contribution in [0.4, 0.5) is 5.82 Å². The van der Waals surface area contributed by atoms with Gasteiger partial charge in [0.15, 0.2) is 5.75 Å². The second kappa shape index (κ2) is 7.23. The first-order valence-corrected chi connectivity index (χ1v) is 9.82. The predicted molar refractivity (Wildman–Crippen MR) is 107 cm³/mol. The summed E-state index contributed by atoms with van der Waals surface area (Å²) >= 11 is 0. The van der Waals surface area contributed by atoms with Gasteiger partial charge in [-0.05, 0) is 24.3 Å². The van der Waals surface area contributed by atoms with E-state index in [2.05, 4.69) is 21.5 Å². The van der Waals surface area contributed by atoms with Crippen LogP contribution in [0.2, 0.25) is 0 Å². The first kappa shape index (κ1) is 18.4. The average Bonchev–Trinajstić information content (AvgIpc) is 3.10. The Kier molecular flexibility index (Phi) is 4.59. The van der Waals surface area contributed by atoms with E-state index in [0.717, 1.165) is 11.0 Å². The number of fused-ring (bicyclic) bond motifs is 1. The molecule has 0 aliphatic carbocycles. The van der Waals surface area contributed by atoms with Gasteiger partial charge < -0.3 is 4.18 Å². The van der Waals surface area contributed by atoms with E-state index in [9.17, 15) is 13.7 Å². The number of hydrogen-bond donors (Lipinski definition) is 2. The van der Waals surface area contributed by atoms with Crippen molar-refractivity contribution < 1.29 is 12.6 Å². The lowest BCUT2D eigenvalue weighted by atomic mass is 10.0. The largest absolute Gasteiger partial charge is 0.380 e. The molecule has 0 aliphatic rings. The van der Waals surface area contributed by atoms with E-state index in [4.69, 9.17) is 9.32 Å². The summed E-state index contributed by atoms with van der Waals surface area (Å²) < 4.78 is 29.4. The minimum atomic E-state index is -4.23. The van der Waals surface area contributed by atoms with Crippen molar-refractivity contribution in [2.75, 3.05) is 5.43 Å². The minimum absolute atomic E-state index is 0.0109. The van der Waals surface area contributed by atoms with Crippen molar-refractivity contribution in [2.24, 2.45) is 5.14 Å². The van der Waals surface area contributed by atoms with E-state index < -0.39 is 10.3 Å². The van der Waals surface area contributed by atoms with Crippen LogP contribution in [0.5, 0.6) is 5.75 Å². The summed E-state index contributed by atoms with van der Waals surface area (Å²) in [7, 11) is -4.23. The van der Waals surface area contributed by atoms with Gasteiger partial charge in [0.1, 0.15) is 18.2 Å². The van der Waals surface area contributed by atoms with Gasteiger partial charge in [0, 0.05) is 17.3 Å². The number of nitriles is 1. The molecule has 144 valence electrons. The standard InChI is InChI=1S/C19H14N6O3S/c20-10-13-11-22-19(24-25-12-23-16-6-2-3-7-17(16)25)9-15(13)14-5-1-4-8-18(14)28-29(21,26)27/h1-9,11-12H,(H,22,24)(H2,21,26,27). The number of aromatic nitrogens is 3. The van der Waals surface area contributed by atoms with Crippen molar-refractivity contribution in [1.82, 2.24) is 14.6 Å². The second-order valence-electron chi connectivity index (χ2n) is 6.01. The maximum absolute atomic E-state index is 11.4. The predicted octanol–water partition coefficient (Wildman–Crippen LogP) is 2.43. The Morgan fingerprint density at radius 1 is 1.07 bits per heavy atom. The number of nitrogens with zero attached hydrogens (tertiary/aromatic N) is 4. The summed E-state index contributed by atoms with van der Waals surface area (Å²) in [4.78, 5) is 8.56. The molecule has 2 heterocycles. The first-order chi connectivity index (χ1) is 13.9. The number of nitrogens with two attached hydrogens (primary N) is 1. The molecule has 29 heavy (non-hydrogen) atoms. The van der Waals surface area contributed by atoms with Crippen LogP contribution in [0.3, 0.4) is 0 Å². The van der Waals surface area contributed by atoms with Crippen molar-refractivity contribution in [1.29, 1.82) is 5.26 Å². The van der Waals surface area contributed by atoms with Crippen LogP contribution in [-0.4, -0.2) is 23.1 Å². The van der Waals surface area contributed by atoms with Gasteiger partial charge in [0.25, 0.3) is 0 Å². The van der Waals surface area contributed by atoms with Crippen LogP contribution < -0.4 is 14.7 Å². The quantitative estimate of drug-likeness (QED) is 0.519. The number of nitrogens with one attached hydrogen (secondary N) is 1. The lowest BCUT2D eigenvalue weighted by molar-refractivity contribution is 0.488. The van der Waals surface area contributed by atoms with Crippen LogP contribution >= 0.6 is 0 Å². The van der Waals surface area contributed by atoms with Crippen molar-refractivity contribution in [3.63, 3.8) is 0 Å². The van der Waals surface area contributed by atoms with E-state index in [1.807, 2.05) is 24.3 Å². The molecule has 0 aliphatic heterocycles. The van der Waals surface area contributed by atoms with Crippen LogP contribution in [0.25, 0.3) is 22.2 Å². The van der Waals surface area contributed by atoms with Gasteiger partial charge in [-0.1, -0.05) is 30.3 Å². The Hall–Kier alpha value is -3.94. The third-order valence-corrected chi connectivity index (χ3v) is 4.51. The fraction of sp³-hybridized carbons (Fsp3) is 0. The molecule has 10 heteroatoms. The smallest absolute Gasteiger partial charge is 0.370 e. The van der Waals surface area contributed by atoms with Gasteiger partial charge >= 0.3 is 10.3 Å². The third-order valence-electron chi connectivity index (χ3n) is 4.10. The molecule has 0 unspecified atom stereocenters. The highest BCUT2D eigenvalue weighted by molar-refractivity contribution is 7.84. The lowest BCUT2D eigenvalue weighted by Gasteiger charge is -2.13. The van der Waals surface area contributed by atoms with E-state index in [1.165, 1.54) is 12.3 Å². The van der Waals surface area contributed by atoms with Gasteiger partial charge in [-0.2, -0.15) is 18.8 Å². The highest BCUT2D eigenvalue weighted by atomic mass is 32.2. The summed E-state index contributed by atoms with van der Waals surface area (Å²) in [6.07, 6.45) is 3.01. The van der Waals surface area contributed by atoms with E-state index >= 15 is 0 Å². The number of pyridine rings is 1. The van der Waals surface area contributed by atoms with Crippen molar-refractivity contribution in [3.05, 3.63) is 72.7 Å². The third kappa shape index (κ3) is 3.86. The van der Waals surface area contributed by atoms with Gasteiger partial charge in [-0.3, -0.25) is 5.43 Å². The van der Waals surface area contributed by atoms with Crippen molar-refractivity contribution >= 4 is 27.2 Å². The minimum Gasteiger partial charge on any atom is -0.370 e. The molecule has 3 N–H and O–H groups in total. The topological polar surface area (TPSA) is 136 Å². The Balaban J connectivity index is 1.79. The second-order valence-corrected chi connectivity index (χ2v) is 7.17. The van der Waals surface area contributed by atoms with E-state index in [-0.39, 0.29) is 11.3 Å². The molecule has 2 aromatic heterocycles. The van der Waals surface area contributed by atoms with Crippen molar-refractivity contribution in [2.45, 2.75) is 0 Å². The Morgan fingerprint density at radius 3 is 2.62 bits per heavy atom. The summed E-state index contributed by atoms with van der Waals surface area (Å²) in [5.74, 6) is 0.435. The number of rotatable bonds is 5. The normalized spacial score (nSPS) is 11.2. The molecule has 2 aromatic carbocycles. The Morgan fingerprint density at radius 2 is 1.83 bits per heavy atom. The maximum atomic E-state index is 11.4. The number of imidazole rings is 1. The molecular weight excluding hydrogens is 392 g/mol. The Labute approximate surface area is 166 Å². The molecule has 0 radical (unpaired) electrons. The van der Waals surface area contributed by atoms with Crippen LogP contribution in [0.15, 0.2) is 67.1 Å². The Bertz CT molecular complexity index is 1360. The zero-order chi connectivity index (χ0) is 20.4. The number of anilines is 1. The molecule has 0 atom stereocenters. The van der Waals surface area contributed by atoms with Gasteiger partial charge in [-0.25, -0.2) is 14.6 Å². The maximum Gasteiger partial charge on any atom is 0.380 e. The fourth-order valence-electron chi connectivity index (χ4n) is 2.89. The average molecular weight is 406 g/mol. The van der Waals surface area contributed by atoms with Crippen LogP contribution in [0.1, 0.15) is 5.56 Å². The van der Waals surface area contributed by atoms with E-state index in [1.54, 1.807) is 35.3 Å². The van der Waals surface area contributed by atoms with Gasteiger partial charge in [0.05, 0.1) is 16.6 Å². The van der Waals surface area contributed by atoms with Crippen LogP contribution in [0, 0.1) is 11.3 Å². The summed E-state index contributed by atoms with van der Waals surface area (Å²) in [6.45, 7) is 0. The molecule has 0 fully saturated rings. The van der Waals surface area contributed by atoms with E-state index in [0.29, 0.717) is 16.9 Å².